The molecule has 0 amide bonds. The molecule has 0 saturated carbocycles. The summed E-state index contributed by atoms with van der Waals surface area (Å²) in [7, 11) is 3.57. The summed E-state index contributed by atoms with van der Waals surface area (Å²) in [6.07, 6.45) is 5.58. The van der Waals surface area contributed by atoms with Crippen molar-refractivity contribution in [3.05, 3.63) is 72.8 Å². The van der Waals surface area contributed by atoms with Crippen LogP contribution in [-0.2, 0) is 6.54 Å². The largest absolute Gasteiger partial charge is 0.495 e. The van der Waals surface area contributed by atoms with Gasteiger partial charge in [-0.2, -0.15) is 0 Å². The lowest BCUT2D eigenvalue weighted by atomic mass is 10.1. The molecule has 1 saturated heterocycles. The zero-order valence-corrected chi connectivity index (χ0v) is 17.5. The highest BCUT2D eigenvalue weighted by atomic mass is 16.5. The maximum Gasteiger partial charge on any atom is 0.194 e. The maximum absolute atomic E-state index is 5.53. The summed E-state index contributed by atoms with van der Waals surface area (Å²) in [6.45, 7) is 4.36. The van der Waals surface area contributed by atoms with E-state index in [-0.39, 0.29) is 0 Å². The SMILES string of the molecule is CN=C(NCc1ccccc1-n1ccnc1)N1CCN(c2ccccc2OC)CC1. The molecular weight excluding hydrogens is 376 g/mol. The highest BCUT2D eigenvalue weighted by Gasteiger charge is 2.21. The fraction of sp³-hybridized carbons (Fsp3) is 0.304. The van der Waals surface area contributed by atoms with E-state index >= 15 is 0 Å². The van der Waals surface area contributed by atoms with Gasteiger partial charge in [-0.1, -0.05) is 30.3 Å². The number of nitrogens with zero attached hydrogens (tertiary/aromatic N) is 5. The first-order valence-electron chi connectivity index (χ1n) is 10.2. The Morgan fingerprint density at radius 3 is 2.47 bits per heavy atom. The minimum absolute atomic E-state index is 0.702. The molecule has 0 bridgehead atoms. The molecule has 1 N–H and O–H groups in total. The molecule has 3 aromatic rings. The summed E-state index contributed by atoms with van der Waals surface area (Å²) in [5.41, 5.74) is 3.47. The van der Waals surface area contributed by atoms with E-state index in [2.05, 4.69) is 55.4 Å². The molecule has 156 valence electrons. The number of hydrogen-bond donors (Lipinski definition) is 1. The summed E-state index contributed by atoms with van der Waals surface area (Å²) in [4.78, 5) is 13.4. The smallest absolute Gasteiger partial charge is 0.194 e. The molecule has 0 aliphatic carbocycles. The third-order valence-electron chi connectivity index (χ3n) is 5.43. The van der Waals surface area contributed by atoms with Crippen LogP contribution in [0.3, 0.4) is 0 Å². The molecule has 1 aliphatic rings. The van der Waals surface area contributed by atoms with Crippen LogP contribution >= 0.6 is 0 Å². The normalized spacial score (nSPS) is 14.7. The van der Waals surface area contributed by atoms with Crippen LogP contribution in [0.25, 0.3) is 5.69 Å². The Hall–Kier alpha value is -3.48. The van der Waals surface area contributed by atoms with Gasteiger partial charge in [0, 0.05) is 52.2 Å². The van der Waals surface area contributed by atoms with Gasteiger partial charge in [0.05, 0.1) is 24.8 Å². The number of hydrogen-bond acceptors (Lipinski definition) is 4. The van der Waals surface area contributed by atoms with Crippen molar-refractivity contribution in [3.8, 4) is 11.4 Å². The van der Waals surface area contributed by atoms with Crippen LogP contribution in [0.5, 0.6) is 5.75 Å². The van der Waals surface area contributed by atoms with E-state index in [0.29, 0.717) is 6.54 Å². The molecule has 0 spiro atoms. The first-order valence-corrected chi connectivity index (χ1v) is 10.2. The Kier molecular flexibility index (Phi) is 6.17. The van der Waals surface area contributed by atoms with Crippen molar-refractivity contribution in [2.75, 3.05) is 45.2 Å². The predicted molar refractivity (Wildman–Crippen MR) is 121 cm³/mol. The van der Waals surface area contributed by atoms with Gasteiger partial charge in [0.2, 0.25) is 0 Å². The van der Waals surface area contributed by atoms with Gasteiger partial charge in [-0.25, -0.2) is 4.98 Å². The molecule has 2 heterocycles. The number of piperazine rings is 1. The monoisotopic (exact) mass is 404 g/mol. The number of rotatable bonds is 5. The molecule has 1 fully saturated rings. The standard InChI is InChI=1S/C23H28N6O/c1-24-23(26-17-19-7-3-4-8-20(19)29-12-11-25-18-29)28-15-13-27(14-16-28)21-9-5-6-10-22(21)30-2/h3-12,18H,13-17H2,1-2H3,(H,24,26). The quantitative estimate of drug-likeness (QED) is 0.524. The van der Waals surface area contributed by atoms with Crippen LogP contribution in [0, 0.1) is 0 Å². The van der Waals surface area contributed by atoms with Crippen LogP contribution in [0.2, 0.25) is 0 Å². The van der Waals surface area contributed by atoms with Crippen molar-refractivity contribution in [3.63, 3.8) is 0 Å². The number of aliphatic imine (C=N–C) groups is 1. The first kappa shape index (κ1) is 19.8. The summed E-state index contributed by atoms with van der Waals surface area (Å²) in [6, 6.07) is 16.5. The molecule has 1 aliphatic heterocycles. The lowest BCUT2D eigenvalue weighted by Crippen LogP contribution is -2.52. The van der Waals surface area contributed by atoms with Crippen LogP contribution < -0.4 is 15.0 Å². The van der Waals surface area contributed by atoms with Crippen molar-refractivity contribution >= 4 is 11.6 Å². The molecule has 2 aromatic carbocycles. The van der Waals surface area contributed by atoms with Crippen molar-refractivity contribution in [2.24, 2.45) is 4.99 Å². The van der Waals surface area contributed by atoms with Gasteiger partial charge in [0.1, 0.15) is 5.75 Å². The summed E-state index contributed by atoms with van der Waals surface area (Å²) < 4.78 is 7.56. The average molecular weight is 405 g/mol. The number of benzene rings is 2. The molecule has 0 radical (unpaired) electrons. The van der Waals surface area contributed by atoms with E-state index in [1.807, 2.05) is 42.3 Å². The number of nitrogens with one attached hydrogen (secondary N) is 1. The van der Waals surface area contributed by atoms with Gasteiger partial charge in [-0.3, -0.25) is 4.99 Å². The highest BCUT2D eigenvalue weighted by Crippen LogP contribution is 2.28. The Morgan fingerprint density at radius 1 is 1.03 bits per heavy atom. The van der Waals surface area contributed by atoms with Crippen LogP contribution in [-0.4, -0.2) is 60.7 Å². The van der Waals surface area contributed by atoms with Gasteiger partial charge < -0.3 is 24.4 Å². The number of para-hydroxylation sites is 3. The number of guanidine groups is 1. The van der Waals surface area contributed by atoms with Crippen LogP contribution in [0.4, 0.5) is 5.69 Å². The molecule has 4 rings (SSSR count). The van der Waals surface area contributed by atoms with Crippen molar-refractivity contribution < 1.29 is 4.74 Å². The minimum Gasteiger partial charge on any atom is -0.495 e. The molecule has 7 nitrogen and oxygen atoms in total. The molecule has 0 atom stereocenters. The topological polar surface area (TPSA) is 57.9 Å². The number of methoxy groups -OCH3 is 1. The van der Waals surface area contributed by atoms with Crippen molar-refractivity contribution in [2.45, 2.75) is 6.54 Å². The van der Waals surface area contributed by atoms with E-state index in [4.69, 9.17) is 4.74 Å². The van der Waals surface area contributed by atoms with Gasteiger partial charge in [0.15, 0.2) is 5.96 Å². The second kappa shape index (κ2) is 9.35. The number of anilines is 1. The van der Waals surface area contributed by atoms with E-state index in [0.717, 1.165) is 49.3 Å². The summed E-state index contributed by atoms with van der Waals surface area (Å²) in [5, 5.41) is 3.53. The Morgan fingerprint density at radius 2 is 1.77 bits per heavy atom. The van der Waals surface area contributed by atoms with Gasteiger partial charge in [-0.15, -0.1) is 0 Å². The van der Waals surface area contributed by atoms with Gasteiger partial charge in [-0.05, 0) is 23.8 Å². The van der Waals surface area contributed by atoms with E-state index in [1.165, 1.54) is 5.56 Å². The number of aromatic nitrogens is 2. The van der Waals surface area contributed by atoms with Gasteiger partial charge >= 0.3 is 0 Å². The summed E-state index contributed by atoms with van der Waals surface area (Å²) >= 11 is 0. The molecule has 1 aromatic heterocycles. The lowest BCUT2D eigenvalue weighted by molar-refractivity contribution is 0.367. The summed E-state index contributed by atoms with van der Waals surface area (Å²) in [5.74, 6) is 1.85. The Labute approximate surface area is 177 Å². The molecule has 7 heteroatoms. The second-order valence-corrected chi connectivity index (χ2v) is 7.15. The predicted octanol–water partition coefficient (Wildman–Crippen LogP) is 2.78. The third-order valence-corrected chi connectivity index (χ3v) is 5.43. The maximum atomic E-state index is 5.53. The van der Waals surface area contributed by atoms with Crippen molar-refractivity contribution in [1.82, 2.24) is 19.8 Å². The minimum atomic E-state index is 0.702. The van der Waals surface area contributed by atoms with Crippen LogP contribution in [0.15, 0.2) is 72.2 Å². The van der Waals surface area contributed by atoms with E-state index in [1.54, 1.807) is 13.3 Å². The van der Waals surface area contributed by atoms with E-state index < -0.39 is 0 Å². The van der Waals surface area contributed by atoms with E-state index in [9.17, 15) is 0 Å². The van der Waals surface area contributed by atoms with Gasteiger partial charge in [0.25, 0.3) is 0 Å². The second-order valence-electron chi connectivity index (χ2n) is 7.15. The fourth-order valence-corrected chi connectivity index (χ4v) is 3.87. The average Bonchev–Trinajstić information content (AvgIpc) is 3.35. The molecule has 0 unspecified atom stereocenters. The third kappa shape index (κ3) is 4.25. The highest BCUT2D eigenvalue weighted by molar-refractivity contribution is 5.80. The zero-order valence-electron chi connectivity index (χ0n) is 17.5. The zero-order chi connectivity index (χ0) is 20.8. The first-order chi connectivity index (χ1) is 14.8. The Bertz CT molecular complexity index is 977. The van der Waals surface area contributed by atoms with Crippen molar-refractivity contribution in [1.29, 1.82) is 0 Å². The molecular formula is C23H28N6O. The number of ether oxygens (including phenoxy) is 1. The lowest BCUT2D eigenvalue weighted by Gasteiger charge is -2.38. The molecule has 30 heavy (non-hydrogen) atoms. The number of imidazole rings is 1. The van der Waals surface area contributed by atoms with Crippen LogP contribution in [0.1, 0.15) is 5.56 Å². The fourth-order valence-electron chi connectivity index (χ4n) is 3.87. The Balaban J connectivity index is 1.39.